The van der Waals surface area contributed by atoms with Crippen molar-refractivity contribution in [2.45, 2.75) is 37.8 Å². The molecule has 0 radical (unpaired) electrons. The third-order valence-electron chi connectivity index (χ3n) is 4.25. The number of amides is 1. The first-order valence-corrected chi connectivity index (χ1v) is 12.2. The fourth-order valence-electron chi connectivity index (χ4n) is 2.50. The second-order valence-electron chi connectivity index (χ2n) is 5.56. The second-order valence-corrected chi connectivity index (χ2v) is 11.7. The van der Waals surface area contributed by atoms with E-state index >= 15 is 0 Å². The van der Waals surface area contributed by atoms with Gasteiger partial charge in [-0.1, -0.05) is 0 Å². The van der Waals surface area contributed by atoms with E-state index in [1.807, 2.05) is 0 Å². The van der Waals surface area contributed by atoms with Crippen LogP contribution in [-0.2, 0) is 31.4 Å². The molecule has 0 aromatic heterocycles. The largest absolute Gasteiger partial charge is 0.500 e. The Bertz CT molecular complexity index is 355. The molecule has 0 N–H and O–H groups in total. The van der Waals surface area contributed by atoms with Crippen LogP contribution in [0.4, 0.5) is 0 Å². The van der Waals surface area contributed by atoms with Crippen molar-refractivity contribution in [2.75, 3.05) is 49.2 Å². The van der Waals surface area contributed by atoms with Gasteiger partial charge < -0.3 is 31.5 Å². The van der Waals surface area contributed by atoms with Crippen LogP contribution in [0.3, 0.4) is 0 Å². The van der Waals surface area contributed by atoms with Crippen molar-refractivity contribution in [2.24, 2.45) is 0 Å². The van der Waals surface area contributed by atoms with E-state index in [0.29, 0.717) is 31.5 Å². The Morgan fingerprint density at radius 3 is 1.54 bits per heavy atom. The van der Waals surface area contributed by atoms with E-state index in [4.69, 9.17) is 26.6 Å². The van der Waals surface area contributed by atoms with Crippen LogP contribution in [-0.4, -0.2) is 77.6 Å². The minimum absolute atomic E-state index is 0. The van der Waals surface area contributed by atoms with Gasteiger partial charge in [-0.2, -0.15) is 0 Å². The van der Waals surface area contributed by atoms with Crippen LogP contribution in [0.15, 0.2) is 0 Å². The van der Waals surface area contributed by atoms with E-state index in [1.165, 1.54) is 4.90 Å². The van der Waals surface area contributed by atoms with Gasteiger partial charge in [0.2, 0.25) is 0 Å². The smallest absolute Gasteiger partial charge is 0.496 e. The Labute approximate surface area is 154 Å². The first-order valence-electron chi connectivity index (χ1n) is 8.30. The summed E-state index contributed by atoms with van der Waals surface area (Å²) < 4.78 is 32.2. The van der Waals surface area contributed by atoms with Gasteiger partial charge in [0.1, 0.15) is 0 Å². The molecule has 0 aliphatic heterocycles. The minimum atomic E-state index is -2.61. The van der Waals surface area contributed by atoms with Crippen molar-refractivity contribution in [3.05, 3.63) is 7.05 Å². The SMILES string of the molecule is [CH2-]N(CCCC[Si](OC)(OC)OC)C(=O)CCC[Si](OC)(OC)OC.[Rf]. The molecule has 0 heterocycles. The maximum atomic E-state index is 12.1. The van der Waals surface area contributed by atoms with Crippen molar-refractivity contribution >= 4 is 23.5 Å². The van der Waals surface area contributed by atoms with Gasteiger partial charge in [-0.3, -0.25) is 11.8 Å². The van der Waals surface area contributed by atoms with Gasteiger partial charge in [0.05, 0.1) is 0 Å². The number of hydrogen-bond acceptors (Lipinski definition) is 7. The number of hydrogen-bond donors (Lipinski definition) is 0. The van der Waals surface area contributed by atoms with Crippen LogP contribution in [0, 0.1) is 7.05 Å². The monoisotopic (exact) mass is 663 g/mol. The van der Waals surface area contributed by atoms with Crippen molar-refractivity contribution in [1.29, 1.82) is 0 Å². The molecule has 0 fully saturated rings. The summed E-state index contributed by atoms with van der Waals surface area (Å²) in [5, 5.41) is 0. The van der Waals surface area contributed by atoms with Gasteiger partial charge in [0, 0.05) is 61.2 Å². The molecular formula is C15H34NO7RfSi2-. The number of carbonyl (C=O) groups is 1. The van der Waals surface area contributed by atoms with Gasteiger partial charge in [0.15, 0.2) is 5.91 Å². The van der Waals surface area contributed by atoms with Crippen LogP contribution in [0.1, 0.15) is 25.7 Å². The molecule has 8 nitrogen and oxygen atoms in total. The molecule has 152 valence electrons. The molecule has 0 aromatic carbocycles. The molecule has 0 aliphatic carbocycles. The summed E-state index contributed by atoms with van der Waals surface area (Å²) in [6.45, 7) is 0.585. The third kappa shape index (κ3) is 8.36. The summed E-state index contributed by atoms with van der Waals surface area (Å²) in [6, 6.07) is 1.31. The summed E-state index contributed by atoms with van der Waals surface area (Å²) in [5.41, 5.74) is 0. The molecule has 0 saturated carbocycles. The normalized spacial score (nSPS) is 12.0. The molecule has 0 aliphatic rings. The summed E-state index contributed by atoms with van der Waals surface area (Å²) >= 11 is 0. The average molecular weight is 664 g/mol. The minimum Gasteiger partial charge on any atom is -0.496 e. The predicted molar refractivity (Wildman–Crippen MR) is 98.7 cm³/mol. The van der Waals surface area contributed by atoms with Gasteiger partial charge >= 0.3 is 17.6 Å². The molecule has 26 heavy (non-hydrogen) atoms. The molecule has 0 aromatic rings. The van der Waals surface area contributed by atoms with E-state index < -0.39 is 17.6 Å². The predicted octanol–water partition coefficient (Wildman–Crippen LogP) is 1.92. The Morgan fingerprint density at radius 1 is 0.769 bits per heavy atom. The summed E-state index contributed by atoms with van der Waals surface area (Å²) in [4.78, 5) is 13.6. The Hall–Kier alpha value is -1.34. The van der Waals surface area contributed by atoms with Gasteiger partial charge in [-0.15, -0.1) is 0 Å². The maximum Gasteiger partial charge on any atom is 0.500 e. The molecule has 0 bridgehead atoms. The number of carbonyl (C=O) groups excluding carboxylic acids is 1. The molecule has 0 unspecified atom stereocenters. The molecule has 0 atom stereocenters. The zero-order chi connectivity index (χ0) is 19.3. The van der Waals surface area contributed by atoms with E-state index in [0.717, 1.165) is 12.8 Å². The number of unbranched alkanes of at least 4 members (excludes halogenated alkanes) is 1. The number of rotatable bonds is 15. The molecule has 11 heteroatoms. The van der Waals surface area contributed by atoms with Crippen molar-refractivity contribution < 1.29 is 31.4 Å². The van der Waals surface area contributed by atoms with Crippen molar-refractivity contribution in [3.63, 3.8) is 0 Å². The van der Waals surface area contributed by atoms with Crippen LogP contribution in [0.5, 0.6) is 0 Å². The van der Waals surface area contributed by atoms with E-state index in [9.17, 15) is 4.79 Å². The topological polar surface area (TPSA) is 75.7 Å². The summed E-state index contributed by atoms with van der Waals surface area (Å²) in [7, 11) is 8.18. The standard InChI is InChI=1S/C15H34NO7Si2.Rf/c1-16(12-8-9-13-24(18-2,19-3)20-4)15(17)11-10-14-25(21-5,22-6)23-7;/h1,8-14H2,2-7H3;/q-1;. The van der Waals surface area contributed by atoms with Crippen LogP contribution < -0.4 is 0 Å². The summed E-state index contributed by atoms with van der Waals surface area (Å²) in [6.07, 6.45) is 2.68. The Morgan fingerprint density at radius 2 is 1.15 bits per heavy atom. The molecule has 0 saturated heterocycles. The fraction of sp³-hybridized carbons (Fsp3) is 0.867. The summed E-state index contributed by atoms with van der Waals surface area (Å²) in [5.74, 6) is -0.0000538. The zero-order valence-corrected chi connectivity index (χ0v) is 25.6. The first-order chi connectivity index (χ1) is 11.9. The second kappa shape index (κ2) is 13.8. The molecule has 1 amide bonds. The third-order valence-corrected chi connectivity index (χ3v) is 9.92. The van der Waals surface area contributed by atoms with E-state index in [2.05, 4.69) is 7.05 Å². The van der Waals surface area contributed by atoms with E-state index in [-0.39, 0.29) is 5.91 Å². The van der Waals surface area contributed by atoms with Gasteiger partial charge in [-0.05, 0) is 25.8 Å². The molecular weight excluding hydrogens is 629 g/mol. The molecule has 0 rings (SSSR count). The van der Waals surface area contributed by atoms with Crippen LogP contribution >= 0.6 is 0 Å². The van der Waals surface area contributed by atoms with Crippen LogP contribution in [0.2, 0.25) is 12.1 Å². The quantitative estimate of drug-likeness (QED) is 0.151. The first kappa shape index (κ1) is 26.9. The zero-order valence-electron chi connectivity index (χ0n) is 17.2. The van der Waals surface area contributed by atoms with Crippen LogP contribution in [0.25, 0.3) is 0 Å². The van der Waals surface area contributed by atoms with E-state index in [1.54, 1.807) is 42.7 Å². The molecule has 0 spiro atoms. The Balaban J connectivity index is 0. The van der Waals surface area contributed by atoms with Gasteiger partial charge in [-0.25, -0.2) is 0 Å². The van der Waals surface area contributed by atoms with Gasteiger partial charge in [0.25, 0.3) is 0 Å². The van der Waals surface area contributed by atoms with Crippen molar-refractivity contribution in [3.8, 4) is 0 Å². The Kier molecular flexibility index (Phi) is 14.3. The average Bonchev–Trinajstić information content (AvgIpc) is 2.66. The number of nitrogens with zero attached hydrogens (tertiary/aromatic N) is 1. The maximum absolute atomic E-state index is 12.1. The fourth-order valence-corrected chi connectivity index (χ4v) is 6.01. The van der Waals surface area contributed by atoms with Crippen molar-refractivity contribution in [1.82, 2.24) is 4.90 Å².